The molecular weight excluding hydrogens is 354 g/mol. The predicted molar refractivity (Wildman–Crippen MR) is 106 cm³/mol. The first kappa shape index (κ1) is 18.5. The monoisotopic (exact) mass is 377 g/mol. The number of hydrogen-bond donors (Lipinski definition) is 0. The second kappa shape index (κ2) is 7.63. The van der Waals surface area contributed by atoms with E-state index in [9.17, 15) is 10.1 Å². The van der Waals surface area contributed by atoms with Crippen molar-refractivity contribution in [1.82, 2.24) is 9.30 Å². The third kappa shape index (κ3) is 3.03. The first-order chi connectivity index (χ1) is 13.7. The van der Waals surface area contributed by atoms with Crippen molar-refractivity contribution in [3.05, 3.63) is 52.7 Å². The number of ether oxygens (including phenoxy) is 2. The maximum Gasteiger partial charge on any atom is 0.340 e. The zero-order valence-corrected chi connectivity index (χ0v) is 16.2. The minimum atomic E-state index is -0.386. The molecule has 28 heavy (non-hydrogen) atoms. The molecule has 2 aromatic heterocycles. The fourth-order valence-electron chi connectivity index (χ4n) is 4.00. The molecule has 3 heterocycles. The lowest BCUT2D eigenvalue weighted by molar-refractivity contribution is 0.0342. The Hall–Kier alpha value is -2.88. The molecule has 0 amide bonds. The standard InChI is InChI=1S/C22H23N3O3/c1-3-28-22(26)20-15(2)17-6-4-5-7-19(17)25-14-16(18(12-23)21(20)25)13-24-8-10-27-11-9-24/h4-7,14H,3,8-11,13H2,1-2H3. The number of nitrogens with zero attached hydrogens (tertiary/aromatic N) is 3. The molecule has 144 valence electrons. The van der Waals surface area contributed by atoms with Crippen LogP contribution in [0, 0.1) is 18.3 Å². The van der Waals surface area contributed by atoms with Crippen molar-refractivity contribution in [2.75, 3.05) is 32.9 Å². The summed E-state index contributed by atoms with van der Waals surface area (Å²) >= 11 is 0. The second-order valence-electron chi connectivity index (χ2n) is 6.99. The molecule has 0 aliphatic carbocycles. The highest BCUT2D eigenvalue weighted by Gasteiger charge is 2.25. The van der Waals surface area contributed by atoms with Crippen molar-refractivity contribution in [2.24, 2.45) is 0 Å². The molecule has 0 spiro atoms. The van der Waals surface area contributed by atoms with E-state index in [4.69, 9.17) is 9.47 Å². The average molecular weight is 377 g/mol. The minimum absolute atomic E-state index is 0.292. The van der Waals surface area contributed by atoms with Crippen molar-refractivity contribution >= 4 is 22.4 Å². The quantitative estimate of drug-likeness (QED) is 0.653. The van der Waals surface area contributed by atoms with Crippen molar-refractivity contribution in [1.29, 1.82) is 5.26 Å². The van der Waals surface area contributed by atoms with Crippen molar-refractivity contribution in [3.63, 3.8) is 0 Å². The van der Waals surface area contributed by atoms with Gasteiger partial charge in [0.25, 0.3) is 0 Å². The van der Waals surface area contributed by atoms with E-state index in [0.717, 1.165) is 35.1 Å². The number of pyridine rings is 1. The zero-order valence-electron chi connectivity index (χ0n) is 16.2. The van der Waals surface area contributed by atoms with Gasteiger partial charge in [0, 0.05) is 36.8 Å². The van der Waals surface area contributed by atoms with Crippen LogP contribution in [0.15, 0.2) is 30.5 Å². The van der Waals surface area contributed by atoms with E-state index in [2.05, 4.69) is 11.0 Å². The number of esters is 1. The lowest BCUT2D eigenvalue weighted by atomic mass is 10.0. The molecule has 0 N–H and O–H groups in total. The molecule has 1 saturated heterocycles. The number of benzene rings is 1. The van der Waals surface area contributed by atoms with E-state index in [1.165, 1.54) is 0 Å². The molecule has 1 fully saturated rings. The van der Waals surface area contributed by atoms with Crippen LogP contribution in [-0.2, 0) is 16.0 Å². The van der Waals surface area contributed by atoms with Crippen LogP contribution in [0.2, 0.25) is 0 Å². The van der Waals surface area contributed by atoms with E-state index < -0.39 is 0 Å². The van der Waals surface area contributed by atoms with Crippen LogP contribution in [0.1, 0.15) is 34.0 Å². The molecule has 6 nitrogen and oxygen atoms in total. The van der Waals surface area contributed by atoms with Crippen molar-refractivity contribution in [3.8, 4) is 6.07 Å². The fourth-order valence-corrected chi connectivity index (χ4v) is 4.00. The summed E-state index contributed by atoms with van der Waals surface area (Å²) in [6, 6.07) is 10.3. The number of nitriles is 1. The number of rotatable bonds is 4. The molecule has 4 rings (SSSR count). The van der Waals surface area contributed by atoms with Gasteiger partial charge in [-0.1, -0.05) is 18.2 Å². The number of hydrogen-bond acceptors (Lipinski definition) is 5. The van der Waals surface area contributed by atoms with Crippen LogP contribution in [0.25, 0.3) is 16.4 Å². The highest BCUT2D eigenvalue weighted by Crippen LogP contribution is 2.32. The van der Waals surface area contributed by atoms with Gasteiger partial charge in [0.15, 0.2) is 0 Å². The van der Waals surface area contributed by atoms with Crippen molar-refractivity contribution < 1.29 is 14.3 Å². The smallest absolute Gasteiger partial charge is 0.340 e. The number of morpholine rings is 1. The number of aryl methyl sites for hydroxylation is 1. The lowest BCUT2D eigenvalue weighted by Crippen LogP contribution is -2.35. The molecule has 1 aromatic carbocycles. The predicted octanol–water partition coefficient (Wildman–Crippen LogP) is 3.28. The van der Waals surface area contributed by atoms with Gasteiger partial charge in [0.05, 0.1) is 42.0 Å². The summed E-state index contributed by atoms with van der Waals surface area (Å²) in [7, 11) is 0. The van der Waals surface area contributed by atoms with Gasteiger partial charge in [0.2, 0.25) is 0 Å². The summed E-state index contributed by atoms with van der Waals surface area (Å²) in [5.74, 6) is -0.386. The van der Waals surface area contributed by atoms with Gasteiger partial charge in [-0.05, 0) is 25.5 Å². The van der Waals surface area contributed by atoms with Crippen molar-refractivity contribution in [2.45, 2.75) is 20.4 Å². The molecule has 0 radical (unpaired) electrons. The average Bonchev–Trinajstić information content (AvgIpc) is 3.07. The Kier molecular flexibility index (Phi) is 5.03. The van der Waals surface area contributed by atoms with Gasteiger partial charge in [-0.15, -0.1) is 0 Å². The topological polar surface area (TPSA) is 67.0 Å². The molecule has 0 unspecified atom stereocenters. The van der Waals surface area contributed by atoms with Gasteiger partial charge in [-0.3, -0.25) is 4.90 Å². The Labute approximate surface area is 163 Å². The summed E-state index contributed by atoms with van der Waals surface area (Å²) < 4.78 is 12.7. The van der Waals surface area contributed by atoms with E-state index in [1.54, 1.807) is 6.92 Å². The van der Waals surface area contributed by atoms with Crippen LogP contribution in [0.4, 0.5) is 0 Å². The summed E-state index contributed by atoms with van der Waals surface area (Å²) in [6.45, 7) is 7.73. The Balaban J connectivity index is 1.99. The molecule has 0 bridgehead atoms. The number of carbonyl (C=O) groups excluding carboxylic acids is 1. The fraction of sp³-hybridized carbons (Fsp3) is 0.364. The molecule has 3 aromatic rings. The summed E-state index contributed by atoms with van der Waals surface area (Å²) in [6.07, 6.45) is 1.99. The molecular formula is C22H23N3O3. The molecule has 0 saturated carbocycles. The van der Waals surface area contributed by atoms with Gasteiger partial charge in [0.1, 0.15) is 6.07 Å². The van der Waals surface area contributed by atoms with E-state index in [1.807, 2.05) is 41.8 Å². The second-order valence-corrected chi connectivity index (χ2v) is 6.99. The first-order valence-corrected chi connectivity index (χ1v) is 9.58. The third-order valence-electron chi connectivity index (χ3n) is 5.35. The summed E-state index contributed by atoms with van der Waals surface area (Å²) in [4.78, 5) is 15.1. The van der Waals surface area contributed by atoms with Crippen LogP contribution >= 0.6 is 0 Å². The maximum atomic E-state index is 12.8. The molecule has 0 atom stereocenters. The van der Waals surface area contributed by atoms with E-state index in [-0.39, 0.29) is 5.97 Å². The van der Waals surface area contributed by atoms with Gasteiger partial charge in [-0.25, -0.2) is 4.79 Å². The first-order valence-electron chi connectivity index (χ1n) is 9.58. The Bertz CT molecular complexity index is 1090. The van der Waals surface area contributed by atoms with Crippen LogP contribution in [0.3, 0.4) is 0 Å². The third-order valence-corrected chi connectivity index (χ3v) is 5.35. The summed E-state index contributed by atoms with van der Waals surface area (Å²) in [5.41, 5.74) is 4.40. The molecule has 1 aliphatic rings. The minimum Gasteiger partial charge on any atom is -0.462 e. The lowest BCUT2D eigenvalue weighted by Gasteiger charge is -2.26. The van der Waals surface area contributed by atoms with Gasteiger partial charge < -0.3 is 13.9 Å². The highest BCUT2D eigenvalue weighted by molar-refractivity contribution is 6.06. The Morgan fingerprint density at radius 2 is 2.04 bits per heavy atom. The number of fused-ring (bicyclic) bond motifs is 3. The Morgan fingerprint density at radius 3 is 2.75 bits per heavy atom. The van der Waals surface area contributed by atoms with Crippen LogP contribution < -0.4 is 0 Å². The zero-order chi connectivity index (χ0) is 19.7. The normalized spacial score (nSPS) is 15.0. The van der Waals surface area contributed by atoms with Gasteiger partial charge in [-0.2, -0.15) is 5.26 Å². The maximum absolute atomic E-state index is 12.8. The number of para-hydroxylation sites is 1. The number of carbonyl (C=O) groups is 1. The van der Waals surface area contributed by atoms with Crippen LogP contribution in [-0.4, -0.2) is 48.2 Å². The van der Waals surface area contributed by atoms with Gasteiger partial charge >= 0.3 is 5.97 Å². The molecule has 1 aliphatic heterocycles. The SMILES string of the molecule is CCOC(=O)c1c(C)c2ccccc2n2cc(CN3CCOCC3)c(C#N)c12. The summed E-state index contributed by atoms with van der Waals surface area (Å²) in [5, 5.41) is 11.0. The Morgan fingerprint density at radius 1 is 1.29 bits per heavy atom. The van der Waals surface area contributed by atoms with Crippen LogP contribution in [0.5, 0.6) is 0 Å². The largest absolute Gasteiger partial charge is 0.462 e. The van der Waals surface area contributed by atoms with E-state index >= 15 is 0 Å². The van der Waals surface area contributed by atoms with E-state index in [0.29, 0.717) is 43.0 Å². The molecule has 6 heteroatoms. The number of aromatic nitrogens is 1. The highest BCUT2D eigenvalue weighted by atomic mass is 16.5.